The minimum atomic E-state index is -4.72. The van der Waals surface area contributed by atoms with E-state index in [9.17, 15) is 31.5 Å². The Morgan fingerprint density at radius 3 is 2.46 bits per heavy atom. The summed E-state index contributed by atoms with van der Waals surface area (Å²) < 4.78 is 72.5. The molecule has 0 aliphatic carbocycles. The first kappa shape index (κ1) is 27.5. The van der Waals surface area contributed by atoms with Crippen LogP contribution in [0.3, 0.4) is 0 Å². The van der Waals surface area contributed by atoms with Gasteiger partial charge in [0.2, 0.25) is 0 Å². The number of ether oxygens (including phenoxy) is 1. The number of hydrogen-bond donors (Lipinski definition) is 2. The van der Waals surface area contributed by atoms with E-state index >= 15 is 0 Å². The van der Waals surface area contributed by atoms with E-state index < -0.39 is 34.2 Å². The maximum Gasteiger partial charge on any atom is 0.416 e. The normalized spacial score (nSPS) is 11.9. The molecule has 0 fully saturated rings. The summed E-state index contributed by atoms with van der Waals surface area (Å²) in [5.41, 5.74) is 2.01. The highest BCUT2D eigenvalue weighted by Gasteiger charge is 2.33. The molecule has 3 aromatic rings. The van der Waals surface area contributed by atoms with Crippen LogP contribution in [-0.4, -0.2) is 38.8 Å². The molecule has 0 aliphatic rings. The lowest BCUT2D eigenvalue weighted by Gasteiger charge is -2.24. The van der Waals surface area contributed by atoms with Crippen molar-refractivity contribution in [1.29, 1.82) is 0 Å². The van der Waals surface area contributed by atoms with Gasteiger partial charge in [-0.3, -0.25) is 9.10 Å². The summed E-state index contributed by atoms with van der Waals surface area (Å²) in [4.78, 5) is 12.4. The molecule has 0 unspecified atom stereocenters. The SMILES string of the molecule is CCOc1cc(/C=N\NC(=O)CN(c2cccc(C(F)(F)F)c2)S(=O)(=O)c2ccc(C)cc2)ccc1O. The summed E-state index contributed by atoms with van der Waals surface area (Å²) in [6, 6.07) is 13.7. The number of anilines is 1. The first-order valence-electron chi connectivity index (χ1n) is 11.0. The fourth-order valence-electron chi connectivity index (χ4n) is 3.22. The van der Waals surface area contributed by atoms with Gasteiger partial charge in [-0.2, -0.15) is 18.3 Å². The van der Waals surface area contributed by atoms with E-state index in [0.717, 1.165) is 17.7 Å². The van der Waals surface area contributed by atoms with E-state index in [2.05, 4.69) is 10.5 Å². The van der Waals surface area contributed by atoms with E-state index in [0.29, 0.717) is 22.5 Å². The molecule has 0 saturated heterocycles. The van der Waals surface area contributed by atoms with E-state index in [-0.39, 0.29) is 22.1 Å². The fourth-order valence-corrected chi connectivity index (χ4v) is 4.63. The van der Waals surface area contributed by atoms with Crippen LogP contribution in [0.1, 0.15) is 23.6 Å². The van der Waals surface area contributed by atoms with E-state index in [1.165, 1.54) is 54.7 Å². The van der Waals surface area contributed by atoms with Gasteiger partial charge in [0.15, 0.2) is 11.5 Å². The van der Waals surface area contributed by atoms with Crippen molar-refractivity contribution < 1.29 is 36.2 Å². The lowest BCUT2D eigenvalue weighted by molar-refractivity contribution is -0.137. The van der Waals surface area contributed by atoms with Gasteiger partial charge < -0.3 is 9.84 Å². The number of nitrogens with zero attached hydrogens (tertiary/aromatic N) is 2. The number of aromatic hydroxyl groups is 1. The van der Waals surface area contributed by atoms with Crippen LogP contribution in [-0.2, 0) is 21.0 Å². The average Bonchev–Trinajstić information content (AvgIpc) is 2.84. The van der Waals surface area contributed by atoms with Crippen molar-refractivity contribution in [3.8, 4) is 11.5 Å². The van der Waals surface area contributed by atoms with Crippen LogP contribution in [0.2, 0.25) is 0 Å². The number of halogens is 3. The van der Waals surface area contributed by atoms with E-state index in [4.69, 9.17) is 4.74 Å². The van der Waals surface area contributed by atoms with Crippen LogP contribution in [0.15, 0.2) is 76.7 Å². The number of benzene rings is 3. The zero-order chi connectivity index (χ0) is 27.2. The summed E-state index contributed by atoms with van der Waals surface area (Å²) >= 11 is 0. The van der Waals surface area contributed by atoms with Gasteiger partial charge in [0.25, 0.3) is 15.9 Å². The van der Waals surface area contributed by atoms with E-state index in [1.54, 1.807) is 13.8 Å². The van der Waals surface area contributed by atoms with E-state index in [1.807, 2.05) is 0 Å². The number of carbonyl (C=O) groups excluding carboxylic acids is 1. The second kappa shape index (κ2) is 11.3. The summed E-state index contributed by atoms with van der Waals surface area (Å²) in [5.74, 6) is -0.771. The van der Waals surface area contributed by atoms with Gasteiger partial charge in [-0.1, -0.05) is 23.8 Å². The molecular formula is C25H24F3N3O5S. The number of rotatable bonds is 9. The molecule has 0 spiro atoms. The molecule has 3 rings (SSSR count). The predicted octanol–water partition coefficient (Wildman–Crippen LogP) is 4.46. The molecule has 1 amide bonds. The van der Waals surface area contributed by atoms with Gasteiger partial charge >= 0.3 is 6.18 Å². The summed E-state index contributed by atoms with van der Waals surface area (Å²) in [5, 5.41) is 13.5. The molecule has 0 heterocycles. The number of sulfonamides is 1. The number of hydrogen-bond acceptors (Lipinski definition) is 6. The van der Waals surface area contributed by atoms with Crippen LogP contribution in [0.4, 0.5) is 18.9 Å². The Balaban J connectivity index is 1.88. The molecule has 37 heavy (non-hydrogen) atoms. The Hall–Kier alpha value is -4.06. The topological polar surface area (TPSA) is 108 Å². The van der Waals surface area contributed by atoms with Gasteiger partial charge in [0, 0.05) is 0 Å². The Morgan fingerprint density at radius 1 is 1.11 bits per heavy atom. The Bertz CT molecular complexity index is 1390. The summed E-state index contributed by atoms with van der Waals surface area (Å²) in [7, 11) is -4.41. The van der Waals surface area contributed by atoms with Crippen molar-refractivity contribution in [3.05, 3.63) is 83.4 Å². The first-order valence-corrected chi connectivity index (χ1v) is 12.4. The maximum atomic E-state index is 13.4. The molecule has 0 saturated carbocycles. The van der Waals surface area contributed by atoms with Crippen molar-refractivity contribution in [2.45, 2.75) is 24.9 Å². The lowest BCUT2D eigenvalue weighted by Crippen LogP contribution is -2.39. The van der Waals surface area contributed by atoms with Crippen LogP contribution >= 0.6 is 0 Å². The number of carbonyl (C=O) groups is 1. The largest absolute Gasteiger partial charge is 0.504 e. The molecule has 2 N–H and O–H groups in total. The quantitative estimate of drug-likeness (QED) is 0.311. The number of phenols is 1. The molecule has 196 valence electrons. The molecule has 8 nitrogen and oxygen atoms in total. The Labute approximate surface area is 212 Å². The third kappa shape index (κ3) is 7.00. The van der Waals surface area contributed by atoms with Crippen LogP contribution in [0, 0.1) is 6.92 Å². The third-order valence-electron chi connectivity index (χ3n) is 5.04. The molecular weight excluding hydrogens is 511 g/mol. The van der Waals surface area contributed by atoms with Crippen molar-refractivity contribution in [2.24, 2.45) is 5.10 Å². The van der Waals surface area contributed by atoms with Crippen molar-refractivity contribution in [1.82, 2.24) is 5.43 Å². The number of phenolic OH excluding ortho intramolecular Hbond substituents is 1. The minimum Gasteiger partial charge on any atom is -0.504 e. The number of amides is 1. The van der Waals surface area contributed by atoms with Crippen LogP contribution in [0.25, 0.3) is 0 Å². The number of aryl methyl sites for hydroxylation is 1. The highest BCUT2D eigenvalue weighted by molar-refractivity contribution is 7.92. The number of hydrazone groups is 1. The average molecular weight is 536 g/mol. The Kier molecular flexibility index (Phi) is 8.43. The number of alkyl halides is 3. The monoisotopic (exact) mass is 535 g/mol. The van der Waals surface area contributed by atoms with Gasteiger partial charge in [0.1, 0.15) is 6.54 Å². The summed E-state index contributed by atoms with van der Waals surface area (Å²) in [6.07, 6.45) is -3.48. The molecule has 0 atom stereocenters. The highest BCUT2D eigenvalue weighted by atomic mass is 32.2. The zero-order valence-electron chi connectivity index (χ0n) is 19.9. The minimum absolute atomic E-state index is 0.0823. The van der Waals surface area contributed by atoms with Crippen molar-refractivity contribution in [2.75, 3.05) is 17.5 Å². The third-order valence-corrected chi connectivity index (χ3v) is 6.83. The van der Waals surface area contributed by atoms with Gasteiger partial charge in [-0.25, -0.2) is 13.8 Å². The summed E-state index contributed by atoms with van der Waals surface area (Å²) in [6.45, 7) is 2.96. The molecule has 12 heteroatoms. The second-order valence-corrected chi connectivity index (χ2v) is 9.69. The Morgan fingerprint density at radius 2 is 1.81 bits per heavy atom. The second-order valence-electron chi connectivity index (χ2n) is 7.83. The fraction of sp³-hybridized carbons (Fsp3) is 0.200. The first-order chi connectivity index (χ1) is 17.4. The van der Waals surface area contributed by atoms with Gasteiger partial charge in [0.05, 0.1) is 29.0 Å². The van der Waals surface area contributed by atoms with Gasteiger partial charge in [-0.15, -0.1) is 0 Å². The lowest BCUT2D eigenvalue weighted by atomic mass is 10.2. The van der Waals surface area contributed by atoms with Crippen LogP contribution < -0.4 is 14.5 Å². The molecule has 0 aromatic heterocycles. The standard InChI is InChI=1S/C25H24F3N3O5S/c1-3-36-23-13-18(9-12-22(23)32)15-29-30-24(33)16-31(20-6-4-5-19(14-20)25(26,27)28)37(34,35)21-10-7-17(2)8-11-21/h4-15,32H,3,16H2,1-2H3,(H,30,33)/b29-15-. The molecule has 3 aromatic carbocycles. The van der Waals surface area contributed by atoms with Gasteiger partial charge in [-0.05, 0) is 67.9 Å². The molecule has 0 radical (unpaired) electrons. The predicted molar refractivity (Wildman–Crippen MR) is 132 cm³/mol. The maximum absolute atomic E-state index is 13.4. The van der Waals surface area contributed by atoms with Crippen molar-refractivity contribution >= 4 is 27.8 Å². The van der Waals surface area contributed by atoms with Crippen LogP contribution in [0.5, 0.6) is 11.5 Å². The molecule has 0 bridgehead atoms. The smallest absolute Gasteiger partial charge is 0.416 e. The van der Waals surface area contributed by atoms with Crippen molar-refractivity contribution in [3.63, 3.8) is 0 Å². The molecule has 0 aliphatic heterocycles. The zero-order valence-corrected chi connectivity index (χ0v) is 20.7. The highest BCUT2D eigenvalue weighted by Crippen LogP contribution is 2.33. The number of nitrogens with one attached hydrogen (secondary N) is 1.